The van der Waals surface area contributed by atoms with E-state index >= 15 is 0 Å². The van der Waals surface area contributed by atoms with Gasteiger partial charge in [0.2, 0.25) is 0 Å². The first kappa shape index (κ1) is 17.5. The van der Waals surface area contributed by atoms with Crippen molar-refractivity contribution >= 4 is 34.7 Å². The summed E-state index contributed by atoms with van der Waals surface area (Å²) < 4.78 is 1.94. The second-order valence-electron chi connectivity index (χ2n) is 5.77. The number of para-hydroxylation sites is 1. The number of imidazole rings is 1. The van der Waals surface area contributed by atoms with Crippen LogP contribution in [0.3, 0.4) is 0 Å². The van der Waals surface area contributed by atoms with Gasteiger partial charge in [-0.3, -0.25) is 4.79 Å². The molecule has 4 rings (SSSR count). The fraction of sp³-hybridized carbons (Fsp3) is 0.0500. The van der Waals surface area contributed by atoms with Crippen molar-refractivity contribution in [2.45, 2.75) is 10.1 Å². The molecule has 134 valence electrons. The van der Waals surface area contributed by atoms with E-state index in [1.54, 1.807) is 12.4 Å². The average Bonchev–Trinajstić information content (AvgIpc) is 3.34. The molecule has 27 heavy (non-hydrogen) atoms. The van der Waals surface area contributed by atoms with E-state index in [2.05, 4.69) is 15.3 Å². The first-order chi connectivity index (χ1) is 13.2. The number of amides is 1. The van der Waals surface area contributed by atoms with Crippen LogP contribution >= 0.6 is 23.1 Å². The van der Waals surface area contributed by atoms with Crippen LogP contribution in [0, 0.1) is 0 Å². The zero-order valence-electron chi connectivity index (χ0n) is 14.5. The summed E-state index contributed by atoms with van der Waals surface area (Å²) in [6, 6.07) is 17.6. The van der Waals surface area contributed by atoms with E-state index < -0.39 is 0 Å². The first-order valence-corrected chi connectivity index (χ1v) is 9.91. The van der Waals surface area contributed by atoms with Crippen molar-refractivity contribution in [2.75, 3.05) is 5.32 Å². The third-order valence-corrected chi connectivity index (χ3v) is 6.06. The van der Waals surface area contributed by atoms with Crippen LogP contribution in [-0.4, -0.2) is 20.4 Å². The van der Waals surface area contributed by atoms with Crippen LogP contribution < -0.4 is 5.32 Å². The van der Waals surface area contributed by atoms with Crippen LogP contribution in [0.2, 0.25) is 0 Å². The van der Waals surface area contributed by atoms with Gasteiger partial charge >= 0.3 is 0 Å². The zero-order valence-corrected chi connectivity index (χ0v) is 16.1. The topological polar surface area (TPSA) is 59.8 Å². The van der Waals surface area contributed by atoms with Crippen LogP contribution in [0.4, 0.5) is 5.69 Å². The van der Waals surface area contributed by atoms with Gasteiger partial charge in [-0.15, -0.1) is 11.3 Å². The summed E-state index contributed by atoms with van der Waals surface area (Å²) in [5.74, 6) is -0.164. The molecule has 0 radical (unpaired) electrons. The zero-order chi connectivity index (χ0) is 18.6. The van der Waals surface area contributed by atoms with Gasteiger partial charge in [-0.05, 0) is 23.9 Å². The minimum Gasteiger partial charge on any atom is -0.329 e. The molecule has 0 aliphatic heterocycles. The van der Waals surface area contributed by atoms with Crippen molar-refractivity contribution in [1.82, 2.24) is 14.5 Å². The molecule has 2 aromatic carbocycles. The Kier molecular flexibility index (Phi) is 5.04. The number of hydrogen-bond acceptors (Lipinski definition) is 5. The SMILES string of the molecule is Cn1ccnc1Sc1ccccc1NC(=O)c1cnc(-c2ccccc2)s1. The summed E-state index contributed by atoms with van der Waals surface area (Å²) >= 11 is 2.89. The summed E-state index contributed by atoms with van der Waals surface area (Å²) in [5.41, 5.74) is 1.76. The minimum absolute atomic E-state index is 0.164. The summed E-state index contributed by atoms with van der Waals surface area (Å²) in [6.07, 6.45) is 5.27. The third kappa shape index (κ3) is 3.94. The van der Waals surface area contributed by atoms with Crippen molar-refractivity contribution in [3.63, 3.8) is 0 Å². The molecule has 0 atom stereocenters. The van der Waals surface area contributed by atoms with Crippen LogP contribution in [0.15, 0.2) is 83.2 Å². The molecule has 0 bridgehead atoms. The highest BCUT2D eigenvalue weighted by Gasteiger charge is 2.14. The van der Waals surface area contributed by atoms with Gasteiger partial charge in [-0.2, -0.15) is 0 Å². The van der Waals surface area contributed by atoms with Gasteiger partial charge in [0, 0.05) is 29.9 Å². The number of aryl methyl sites for hydroxylation is 1. The monoisotopic (exact) mass is 392 g/mol. The first-order valence-electron chi connectivity index (χ1n) is 8.27. The average molecular weight is 393 g/mol. The Labute approximate surface area is 165 Å². The molecule has 0 aliphatic rings. The standard InChI is InChI=1S/C20H16N4OS2/c1-24-12-11-21-20(24)27-16-10-6-5-9-15(16)23-18(25)17-13-22-19(26-17)14-7-3-2-4-8-14/h2-13H,1H3,(H,23,25). The molecule has 0 spiro atoms. The second kappa shape index (κ2) is 7.77. The molecule has 5 nitrogen and oxygen atoms in total. The van der Waals surface area contributed by atoms with E-state index in [0.717, 1.165) is 26.3 Å². The molecule has 1 amide bonds. The number of nitrogens with one attached hydrogen (secondary N) is 1. The van der Waals surface area contributed by atoms with Crippen LogP contribution in [0.1, 0.15) is 9.67 Å². The Bertz CT molecular complexity index is 1070. The van der Waals surface area contributed by atoms with Crippen LogP contribution in [0.25, 0.3) is 10.6 Å². The van der Waals surface area contributed by atoms with Crippen molar-refractivity contribution in [3.8, 4) is 10.6 Å². The number of rotatable bonds is 5. The Morgan fingerprint density at radius 2 is 1.85 bits per heavy atom. The fourth-order valence-corrected chi connectivity index (χ4v) is 4.19. The largest absolute Gasteiger partial charge is 0.329 e. The van der Waals surface area contributed by atoms with Gasteiger partial charge in [-0.25, -0.2) is 9.97 Å². The molecule has 2 heterocycles. The van der Waals surface area contributed by atoms with Gasteiger partial charge in [-0.1, -0.05) is 42.5 Å². The summed E-state index contributed by atoms with van der Waals surface area (Å²) in [4.78, 5) is 22.9. The molecule has 1 N–H and O–H groups in total. The molecule has 0 aliphatic carbocycles. The highest BCUT2D eigenvalue weighted by atomic mass is 32.2. The lowest BCUT2D eigenvalue weighted by molar-refractivity contribution is 0.103. The van der Waals surface area contributed by atoms with E-state index in [4.69, 9.17) is 0 Å². The quantitative estimate of drug-likeness (QED) is 0.522. The molecule has 0 saturated heterocycles. The molecular formula is C20H16N4OS2. The van der Waals surface area contributed by atoms with Gasteiger partial charge < -0.3 is 9.88 Å². The maximum atomic E-state index is 12.7. The predicted octanol–water partition coefficient (Wildman–Crippen LogP) is 4.95. The third-order valence-electron chi connectivity index (χ3n) is 3.86. The molecule has 0 unspecified atom stereocenters. The maximum absolute atomic E-state index is 12.7. The summed E-state index contributed by atoms with van der Waals surface area (Å²) in [5, 5.41) is 4.69. The number of anilines is 1. The van der Waals surface area contributed by atoms with Crippen molar-refractivity contribution in [1.29, 1.82) is 0 Å². The van der Waals surface area contributed by atoms with E-state index in [9.17, 15) is 4.79 Å². The van der Waals surface area contributed by atoms with Gasteiger partial charge in [0.1, 0.15) is 9.88 Å². The number of thiazole rings is 1. The number of aromatic nitrogens is 3. The Morgan fingerprint density at radius 3 is 2.63 bits per heavy atom. The van der Waals surface area contributed by atoms with Gasteiger partial charge in [0.15, 0.2) is 5.16 Å². The number of benzene rings is 2. The number of carbonyl (C=O) groups excluding carboxylic acids is 1. The van der Waals surface area contributed by atoms with E-state index in [1.165, 1.54) is 23.1 Å². The summed E-state index contributed by atoms with van der Waals surface area (Å²) in [7, 11) is 1.94. The molecule has 4 aromatic rings. The van der Waals surface area contributed by atoms with E-state index in [1.807, 2.05) is 72.4 Å². The van der Waals surface area contributed by atoms with E-state index in [-0.39, 0.29) is 5.91 Å². The lowest BCUT2D eigenvalue weighted by atomic mass is 10.2. The number of nitrogens with zero attached hydrogens (tertiary/aromatic N) is 3. The molecular weight excluding hydrogens is 376 g/mol. The predicted molar refractivity (Wildman–Crippen MR) is 109 cm³/mol. The van der Waals surface area contributed by atoms with Crippen molar-refractivity contribution in [3.05, 3.63) is 78.1 Å². The lowest BCUT2D eigenvalue weighted by Gasteiger charge is -2.09. The normalized spacial score (nSPS) is 10.7. The smallest absolute Gasteiger partial charge is 0.267 e. The molecule has 2 aromatic heterocycles. The summed E-state index contributed by atoms with van der Waals surface area (Å²) in [6.45, 7) is 0. The fourth-order valence-electron chi connectivity index (χ4n) is 2.48. The highest BCUT2D eigenvalue weighted by Crippen LogP contribution is 2.33. The van der Waals surface area contributed by atoms with Gasteiger partial charge in [0.25, 0.3) is 5.91 Å². The Morgan fingerprint density at radius 1 is 1.07 bits per heavy atom. The van der Waals surface area contributed by atoms with Crippen molar-refractivity contribution in [2.24, 2.45) is 7.05 Å². The lowest BCUT2D eigenvalue weighted by Crippen LogP contribution is -2.10. The van der Waals surface area contributed by atoms with E-state index in [0.29, 0.717) is 4.88 Å². The Hall–Kier alpha value is -2.90. The number of carbonyl (C=O) groups is 1. The van der Waals surface area contributed by atoms with Crippen molar-refractivity contribution < 1.29 is 4.79 Å². The highest BCUT2D eigenvalue weighted by molar-refractivity contribution is 7.99. The van der Waals surface area contributed by atoms with Crippen LogP contribution in [0.5, 0.6) is 0 Å². The molecule has 0 fully saturated rings. The minimum atomic E-state index is -0.164. The van der Waals surface area contributed by atoms with Crippen LogP contribution in [-0.2, 0) is 7.05 Å². The molecule has 7 heteroatoms. The molecule has 0 saturated carbocycles. The second-order valence-corrected chi connectivity index (χ2v) is 7.81. The number of hydrogen-bond donors (Lipinski definition) is 1. The van der Waals surface area contributed by atoms with Gasteiger partial charge in [0.05, 0.1) is 11.9 Å². The maximum Gasteiger partial charge on any atom is 0.267 e. The Balaban J connectivity index is 1.54.